The lowest BCUT2D eigenvalue weighted by Crippen LogP contribution is -2.47. The molecule has 1 fully saturated rings. The lowest BCUT2D eigenvalue weighted by Gasteiger charge is -2.35. The first-order valence-electron chi connectivity index (χ1n) is 4.90. The molecule has 1 rings (SSSR count). The molecule has 1 unspecified atom stereocenters. The maximum atomic E-state index is 11.5. The lowest BCUT2D eigenvalue weighted by molar-refractivity contribution is -0.120. The third-order valence-electron chi connectivity index (χ3n) is 2.64. The SMILES string of the molecule is C=CC(=O)C1CCCN1C(C)(C)C. The van der Waals surface area contributed by atoms with Gasteiger partial charge in [-0.1, -0.05) is 6.58 Å². The predicted octanol–water partition coefficient (Wildman–Crippen LogP) is 2.00. The Morgan fingerprint density at radius 3 is 2.62 bits per heavy atom. The molecule has 1 aliphatic heterocycles. The van der Waals surface area contributed by atoms with Crippen molar-refractivity contribution >= 4 is 5.78 Å². The summed E-state index contributed by atoms with van der Waals surface area (Å²) >= 11 is 0. The second-order valence-electron chi connectivity index (χ2n) is 4.63. The first kappa shape index (κ1) is 10.5. The highest BCUT2D eigenvalue weighted by atomic mass is 16.1. The summed E-state index contributed by atoms with van der Waals surface area (Å²) in [6.07, 6.45) is 3.57. The minimum absolute atomic E-state index is 0.0810. The van der Waals surface area contributed by atoms with Gasteiger partial charge in [-0.2, -0.15) is 0 Å². The molecule has 2 nitrogen and oxygen atoms in total. The Kier molecular flexibility index (Phi) is 2.91. The number of likely N-dealkylation sites (tertiary alicyclic amines) is 1. The van der Waals surface area contributed by atoms with Gasteiger partial charge in [0, 0.05) is 5.54 Å². The Morgan fingerprint density at radius 2 is 2.15 bits per heavy atom. The second kappa shape index (κ2) is 3.62. The maximum Gasteiger partial charge on any atom is 0.172 e. The van der Waals surface area contributed by atoms with Crippen LogP contribution in [-0.2, 0) is 4.79 Å². The molecule has 0 bridgehead atoms. The fraction of sp³-hybridized carbons (Fsp3) is 0.727. The average Bonchev–Trinajstić information content (AvgIpc) is 2.49. The quantitative estimate of drug-likeness (QED) is 0.607. The number of hydrogen-bond donors (Lipinski definition) is 0. The van der Waals surface area contributed by atoms with Crippen LogP contribution in [0.3, 0.4) is 0 Å². The minimum atomic E-state index is 0.0810. The van der Waals surface area contributed by atoms with Crippen molar-refractivity contribution in [2.45, 2.75) is 45.2 Å². The zero-order valence-electron chi connectivity index (χ0n) is 8.84. The molecule has 0 radical (unpaired) electrons. The highest BCUT2D eigenvalue weighted by Gasteiger charge is 2.35. The first-order valence-corrected chi connectivity index (χ1v) is 4.90. The molecule has 0 aromatic heterocycles. The summed E-state index contributed by atoms with van der Waals surface area (Å²) in [5.74, 6) is 0.174. The van der Waals surface area contributed by atoms with Crippen LogP contribution in [0.4, 0.5) is 0 Å². The molecular formula is C11H19NO. The lowest BCUT2D eigenvalue weighted by atomic mass is 10.0. The summed E-state index contributed by atoms with van der Waals surface area (Å²) in [5.41, 5.74) is 0.0971. The number of hydrogen-bond acceptors (Lipinski definition) is 2. The summed E-state index contributed by atoms with van der Waals surface area (Å²) in [7, 11) is 0. The van der Waals surface area contributed by atoms with Crippen LogP contribution in [0.1, 0.15) is 33.6 Å². The molecule has 0 amide bonds. The van der Waals surface area contributed by atoms with Crippen molar-refractivity contribution in [3.63, 3.8) is 0 Å². The van der Waals surface area contributed by atoms with Crippen LogP contribution >= 0.6 is 0 Å². The molecule has 1 aliphatic rings. The highest BCUT2D eigenvalue weighted by Crippen LogP contribution is 2.26. The van der Waals surface area contributed by atoms with Crippen molar-refractivity contribution in [1.29, 1.82) is 0 Å². The third kappa shape index (κ3) is 2.19. The van der Waals surface area contributed by atoms with Crippen LogP contribution < -0.4 is 0 Å². The van der Waals surface area contributed by atoms with E-state index in [0.717, 1.165) is 19.4 Å². The van der Waals surface area contributed by atoms with E-state index in [2.05, 4.69) is 32.3 Å². The Labute approximate surface area is 80.6 Å². The molecule has 0 spiro atoms. The van der Waals surface area contributed by atoms with Gasteiger partial charge in [0.25, 0.3) is 0 Å². The van der Waals surface area contributed by atoms with Crippen molar-refractivity contribution in [3.05, 3.63) is 12.7 Å². The normalized spacial score (nSPS) is 24.7. The van der Waals surface area contributed by atoms with Crippen LogP contribution in [0.25, 0.3) is 0 Å². The van der Waals surface area contributed by atoms with E-state index in [1.54, 1.807) is 0 Å². The monoisotopic (exact) mass is 181 g/mol. The summed E-state index contributed by atoms with van der Waals surface area (Å²) in [6, 6.07) is 0.0810. The van der Waals surface area contributed by atoms with E-state index in [1.165, 1.54) is 6.08 Å². The van der Waals surface area contributed by atoms with Crippen LogP contribution in [0, 0.1) is 0 Å². The van der Waals surface area contributed by atoms with Gasteiger partial charge in [-0.15, -0.1) is 0 Å². The molecule has 1 heterocycles. The smallest absolute Gasteiger partial charge is 0.172 e. The van der Waals surface area contributed by atoms with Crippen LogP contribution in [0.5, 0.6) is 0 Å². The van der Waals surface area contributed by atoms with Crippen molar-refractivity contribution < 1.29 is 4.79 Å². The number of carbonyl (C=O) groups is 1. The number of carbonyl (C=O) groups excluding carboxylic acids is 1. The number of nitrogens with zero attached hydrogens (tertiary/aromatic N) is 1. The van der Waals surface area contributed by atoms with Gasteiger partial charge in [0.1, 0.15) is 0 Å². The van der Waals surface area contributed by atoms with Gasteiger partial charge in [-0.25, -0.2) is 0 Å². The van der Waals surface area contributed by atoms with E-state index in [9.17, 15) is 4.79 Å². The molecule has 0 aromatic rings. The van der Waals surface area contributed by atoms with Gasteiger partial charge in [-0.3, -0.25) is 9.69 Å². The Balaban J connectivity index is 2.75. The zero-order chi connectivity index (χ0) is 10.1. The minimum Gasteiger partial charge on any atom is -0.293 e. The number of rotatable bonds is 2. The molecule has 0 aliphatic carbocycles. The third-order valence-corrected chi connectivity index (χ3v) is 2.64. The van der Waals surface area contributed by atoms with Crippen LogP contribution in [0.15, 0.2) is 12.7 Å². The van der Waals surface area contributed by atoms with Gasteiger partial charge >= 0.3 is 0 Å². The van der Waals surface area contributed by atoms with E-state index in [0.29, 0.717) is 0 Å². The van der Waals surface area contributed by atoms with E-state index in [-0.39, 0.29) is 17.4 Å². The molecule has 1 saturated heterocycles. The molecule has 1 atom stereocenters. The van der Waals surface area contributed by atoms with Crippen LogP contribution in [0.2, 0.25) is 0 Å². The van der Waals surface area contributed by atoms with Crippen molar-refractivity contribution in [1.82, 2.24) is 4.90 Å². The number of ketones is 1. The van der Waals surface area contributed by atoms with Gasteiger partial charge in [-0.05, 0) is 46.2 Å². The van der Waals surface area contributed by atoms with E-state index < -0.39 is 0 Å². The molecule has 0 saturated carbocycles. The molecule has 74 valence electrons. The zero-order valence-corrected chi connectivity index (χ0v) is 8.84. The van der Waals surface area contributed by atoms with Gasteiger partial charge in [0.2, 0.25) is 0 Å². The van der Waals surface area contributed by atoms with E-state index in [4.69, 9.17) is 0 Å². The molecule has 0 N–H and O–H groups in total. The predicted molar refractivity (Wildman–Crippen MR) is 54.7 cm³/mol. The fourth-order valence-electron chi connectivity index (χ4n) is 2.00. The maximum absolute atomic E-state index is 11.5. The Morgan fingerprint density at radius 1 is 1.54 bits per heavy atom. The van der Waals surface area contributed by atoms with Crippen molar-refractivity contribution in [2.24, 2.45) is 0 Å². The average molecular weight is 181 g/mol. The Hall–Kier alpha value is -0.630. The topological polar surface area (TPSA) is 20.3 Å². The second-order valence-corrected chi connectivity index (χ2v) is 4.63. The summed E-state index contributed by atoms with van der Waals surface area (Å²) in [6.45, 7) is 11.0. The Bertz CT molecular complexity index is 215. The summed E-state index contributed by atoms with van der Waals surface area (Å²) in [4.78, 5) is 13.8. The summed E-state index contributed by atoms with van der Waals surface area (Å²) < 4.78 is 0. The standard InChI is InChI=1S/C11H19NO/c1-5-10(13)9-7-6-8-12(9)11(2,3)4/h5,9H,1,6-8H2,2-4H3. The first-order chi connectivity index (χ1) is 5.96. The molecule has 13 heavy (non-hydrogen) atoms. The van der Waals surface area contributed by atoms with Gasteiger partial charge < -0.3 is 0 Å². The molecule has 2 heteroatoms. The summed E-state index contributed by atoms with van der Waals surface area (Å²) in [5, 5.41) is 0. The van der Waals surface area contributed by atoms with Gasteiger partial charge in [0.05, 0.1) is 6.04 Å². The molecular weight excluding hydrogens is 162 g/mol. The largest absolute Gasteiger partial charge is 0.293 e. The van der Waals surface area contributed by atoms with Gasteiger partial charge in [0.15, 0.2) is 5.78 Å². The van der Waals surface area contributed by atoms with Crippen LogP contribution in [-0.4, -0.2) is 28.8 Å². The van der Waals surface area contributed by atoms with Crippen molar-refractivity contribution in [3.8, 4) is 0 Å². The highest BCUT2D eigenvalue weighted by molar-refractivity contribution is 5.94. The molecule has 0 aromatic carbocycles. The van der Waals surface area contributed by atoms with E-state index in [1.807, 2.05) is 0 Å². The fourth-order valence-corrected chi connectivity index (χ4v) is 2.00. The van der Waals surface area contributed by atoms with E-state index >= 15 is 0 Å². The van der Waals surface area contributed by atoms with Crippen molar-refractivity contribution in [2.75, 3.05) is 6.54 Å².